The Bertz CT molecular complexity index is 291. The van der Waals surface area contributed by atoms with Crippen molar-refractivity contribution in [2.24, 2.45) is 0 Å². The Balaban J connectivity index is 2.03. The molecule has 0 heterocycles. The second kappa shape index (κ2) is 8.25. The van der Waals surface area contributed by atoms with Gasteiger partial charge in [-0.3, -0.25) is 0 Å². The molecule has 0 aromatic heterocycles. The van der Waals surface area contributed by atoms with Gasteiger partial charge in [0.05, 0.1) is 0 Å². The molecule has 0 aliphatic carbocycles. The third kappa shape index (κ3) is 5.83. The van der Waals surface area contributed by atoms with E-state index in [9.17, 15) is 4.39 Å². The standard InChI is InChI=1S/C13H20FNO/c14-13-6-4-5-12(11-13)7-9-15-8-2-1-3-10-16/h4-6,11,15-16H,1-3,7-10H2. The Morgan fingerprint density at radius 1 is 1.12 bits per heavy atom. The normalized spacial score (nSPS) is 10.6. The largest absolute Gasteiger partial charge is 0.396 e. The number of hydrogen-bond donors (Lipinski definition) is 2. The van der Waals surface area contributed by atoms with E-state index in [1.54, 1.807) is 12.1 Å². The lowest BCUT2D eigenvalue weighted by Gasteiger charge is -2.04. The highest BCUT2D eigenvalue weighted by molar-refractivity contribution is 5.16. The SMILES string of the molecule is OCCCCCNCCc1cccc(F)c1. The smallest absolute Gasteiger partial charge is 0.123 e. The van der Waals surface area contributed by atoms with Crippen LogP contribution in [-0.2, 0) is 6.42 Å². The van der Waals surface area contributed by atoms with Crippen molar-refractivity contribution in [1.82, 2.24) is 5.32 Å². The summed E-state index contributed by atoms with van der Waals surface area (Å²) in [7, 11) is 0. The summed E-state index contributed by atoms with van der Waals surface area (Å²) < 4.78 is 12.8. The van der Waals surface area contributed by atoms with E-state index in [0.29, 0.717) is 0 Å². The topological polar surface area (TPSA) is 32.3 Å². The summed E-state index contributed by atoms with van der Waals surface area (Å²) in [6, 6.07) is 6.72. The molecule has 0 aliphatic rings. The highest BCUT2D eigenvalue weighted by atomic mass is 19.1. The maximum Gasteiger partial charge on any atom is 0.123 e. The molecule has 0 atom stereocenters. The molecule has 1 aromatic carbocycles. The molecule has 0 fully saturated rings. The van der Waals surface area contributed by atoms with Gasteiger partial charge in [0.2, 0.25) is 0 Å². The van der Waals surface area contributed by atoms with Gasteiger partial charge in [-0.2, -0.15) is 0 Å². The van der Waals surface area contributed by atoms with Crippen LogP contribution in [0.5, 0.6) is 0 Å². The minimum absolute atomic E-state index is 0.166. The molecule has 2 nitrogen and oxygen atoms in total. The number of rotatable bonds is 8. The zero-order valence-electron chi connectivity index (χ0n) is 9.58. The van der Waals surface area contributed by atoms with Crippen LogP contribution in [0.3, 0.4) is 0 Å². The summed E-state index contributed by atoms with van der Waals surface area (Å²) in [5, 5.41) is 11.9. The van der Waals surface area contributed by atoms with Crippen molar-refractivity contribution >= 4 is 0 Å². The van der Waals surface area contributed by atoms with Crippen molar-refractivity contribution in [1.29, 1.82) is 0 Å². The van der Waals surface area contributed by atoms with Gasteiger partial charge in [-0.05, 0) is 56.5 Å². The van der Waals surface area contributed by atoms with Crippen LogP contribution in [0.15, 0.2) is 24.3 Å². The van der Waals surface area contributed by atoms with Crippen molar-refractivity contribution < 1.29 is 9.50 Å². The first-order valence-corrected chi connectivity index (χ1v) is 5.89. The first-order valence-electron chi connectivity index (χ1n) is 5.89. The fourth-order valence-electron chi connectivity index (χ4n) is 1.59. The lowest BCUT2D eigenvalue weighted by atomic mass is 10.1. The fraction of sp³-hybridized carbons (Fsp3) is 0.538. The van der Waals surface area contributed by atoms with Crippen LogP contribution in [0.4, 0.5) is 4.39 Å². The molecule has 0 saturated heterocycles. The molecule has 0 bridgehead atoms. The number of halogens is 1. The van der Waals surface area contributed by atoms with Crippen molar-refractivity contribution in [3.05, 3.63) is 35.6 Å². The van der Waals surface area contributed by atoms with E-state index in [1.807, 2.05) is 6.07 Å². The number of benzene rings is 1. The van der Waals surface area contributed by atoms with Gasteiger partial charge in [-0.15, -0.1) is 0 Å². The highest BCUT2D eigenvalue weighted by Crippen LogP contribution is 2.03. The van der Waals surface area contributed by atoms with Crippen LogP contribution in [0.2, 0.25) is 0 Å². The van der Waals surface area contributed by atoms with E-state index in [4.69, 9.17) is 5.11 Å². The Morgan fingerprint density at radius 3 is 2.75 bits per heavy atom. The molecular weight excluding hydrogens is 205 g/mol. The second-order valence-corrected chi connectivity index (χ2v) is 3.91. The van der Waals surface area contributed by atoms with Crippen LogP contribution < -0.4 is 5.32 Å². The maximum atomic E-state index is 12.8. The summed E-state index contributed by atoms with van der Waals surface area (Å²) in [5.74, 6) is -0.166. The van der Waals surface area contributed by atoms with Crippen LogP contribution in [0.1, 0.15) is 24.8 Å². The molecule has 3 heteroatoms. The van der Waals surface area contributed by atoms with Crippen molar-refractivity contribution in [3.8, 4) is 0 Å². The first kappa shape index (κ1) is 13.1. The van der Waals surface area contributed by atoms with E-state index in [1.165, 1.54) is 6.07 Å². The minimum atomic E-state index is -0.166. The van der Waals surface area contributed by atoms with Crippen LogP contribution in [0.25, 0.3) is 0 Å². The molecule has 0 radical (unpaired) electrons. The maximum absolute atomic E-state index is 12.8. The molecule has 16 heavy (non-hydrogen) atoms. The first-order chi connectivity index (χ1) is 7.83. The number of aliphatic hydroxyl groups is 1. The molecule has 0 saturated carbocycles. The monoisotopic (exact) mass is 225 g/mol. The highest BCUT2D eigenvalue weighted by Gasteiger charge is 1.95. The molecular formula is C13H20FNO. The molecule has 1 aromatic rings. The van der Waals surface area contributed by atoms with E-state index < -0.39 is 0 Å². The predicted octanol–water partition coefficient (Wildman–Crippen LogP) is 2.12. The third-order valence-corrected chi connectivity index (χ3v) is 2.49. The number of aliphatic hydroxyl groups excluding tert-OH is 1. The Kier molecular flexibility index (Phi) is 6.77. The van der Waals surface area contributed by atoms with Crippen molar-refractivity contribution in [3.63, 3.8) is 0 Å². The molecule has 2 N–H and O–H groups in total. The van der Waals surface area contributed by atoms with Gasteiger partial charge in [0.25, 0.3) is 0 Å². The molecule has 0 spiro atoms. The van der Waals surface area contributed by atoms with Gasteiger partial charge >= 0.3 is 0 Å². The summed E-state index contributed by atoms with van der Waals surface area (Å²) in [5.41, 5.74) is 1.03. The summed E-state index contributed by atoms with van der Waals surface area (Å²) >= 11 is 0. The number of hydrogen-bond acceptors (Lipinski definition) is 2. The van der Waals surface area contributed by atoms with Crippen LogP contribution in [0, 0.1) is 5.82 Å². The van der Waals surface area contributed by atoms with E-state index >= 15 is 0 Å². The Hall–Kier alpha value is -0.930. The van der Waals surface area contributed by atoms with Gasteiger partial charge < -0.3 is 10.4 Å². The Morgan fingerprint density at radius 2 is 2.00 bits per heavy atom. The van der Waals surface area contributed by atoms with Crippen molar-refractivity contribution in [2.45, 2.75) is 25.7 Å². The molecule has 1 rings (SSSR count). The van der Waals surface area contributed by atoms with E-state index in [0.717, 1.165) is 44.3 Å². The number of unbranched alkanes of at least 4 members (excludes halogenated alkanes) is 2. The average molecular weight is 225 g/mol. The summed E-state index contributed by atoms with van der Waals surface area (Å²) in [6.45, 7) is 2.13. The predicted molar refractivity (Wildman–Crippen MR) is 63.9 cm³/mol. The summed E-state index contributed by atoms with van der Waals surface area (Å²) in [6.07, 6.45) is 3.89. The van der Waals surface area contributed by atoms with E-state index in [2.05, 4.69) is 5.32 Å². The molecule has 0 amide bonds. The number of nitrogens with one attached hydrogen (secondary N) is 1. The van der Waals surface area contributed by atoms with Gasteiger partial charge in [-0.1, -0.05) is 12.1 Å². The molecule has 0 unspecified atom stereocenters. The zero-order valence-corrected chi connectivity index (χ0v) is 9.58. The van der Waals surface area contributed by atoms with Crippen LogP contribution >= 0.6 is 0 Å². The lowest BCUT2D eigenvalue weighted by molar-refractivity contribution is 0.283. The van der Waals surface area contributed by atoms with Gasteiger partial charge in [-0.25, -0.2) is 4.39 Å². The average Bonchev–Trinajstić information content (AvgIpc) is 2.28. The Labute approximate surface area is 96.5 Å². The second-order valence-electron chi connectivity index (χ2n) is 3.91. The van der Waals surface area contributed by atoms with Crippen LogP contribution in [-0.4, -0.2) is 24.8 Å². The summed E-state index contributed by atoms with van der Waals surface area (Å²) in [4.78, 5) is 0. The van der Waals surface area contributed by atoms with Gasteiger partial charge in [0.1, 0.15) is 5.82 Å². The van der Waals surface area contributed by atoms with Crippen molar-refractivity contribution in [2.75, 3.05) is 19.7 Å². The minimum Gasteiger partial charge on any atom is -0.396 e. The zero-order chi connectivity index (χ0) is 11.6. The lowest BCUT2D eigenvalue weighted by Crippen LogP contribution is -2.18. The third-order valence-electron chi connectivity index (χ3n) is 2.49. The fourth-order valence-corrected chi connectivity index (χ4v) is 1.59. The van der Waals surface area contributed by atoms with Gasteiger partial charge in [0, 0.05) is 6.61 Å². The molecule has 0 aliphatic heterocycles. The molecule has 90 valence electrons. The van der Waals surface area contributed by atoms with E-state index in [-0.39, 0.29) is 12.4 Å². The quantitative estimate of drug-likeness (QED) is 0.664. The van der Waals surface area contributed by atoms with Gasteiger partial charge in [0.15, 0.2) is 0 Å².